The van der Waals surface area contributed by atoms with E-state index in [1.807, 2.05) is 79.7 Å². The molecule has 0 spiro atoms. The summed E-state index contributed by atoms with van der Waals surface area (Å²) in [6.45, 7) is 2.40. The van der Waals surface area contributed by atoms with Crippen LogP contribution in [-0.2, 0) is 6.61 Å². The van der Waals surface area contributed by atoms with Crippen molar-refractivity contribution in [2.75, 3.05) is 18.2 Å². The fraction of sp³-hybridized carbons (Fsp3) is 0.120. The van der Waals surface area contributed by atoms with Crippen molar-refractivity contribution in [1.29, 1.82) is 0 Å². The summed E-state index contributed by atoms with van der Waals surface area (Å²) >= 11 is 3.54. The van der Waals surface area contributed by atoms with E-state index in [0.717, 1.165) is 27.0 Å². The van der Waals surface area contributed by atoms with E-state index in [2.05, 4.69) is 31.2 Å². The molecule has 0 saturated carbocycles. The highest BCUT2D eigenvalue weighted by Crippen LogP contribution is 2.34. The van der Waals surface area contributed by atoms with Gasteiger partial charge in [-0.2, -0.15) is 4.98 Å². The number of nitrogens with two attached hydrogens (primary N) is 1. The SMILES string of the molecule is COc1ccccc1COc1ccc(Br)cc1-c1cc(Nc2ccc(C)cc2)nc(N)n1. The molecule has 0 aliphatic carbocycles. The molecule has 0 atom stereocenters. The summed E-state index contributed by atoms with van der Waals surface area (Å²) < 4.78 is 12.5. The Hall–Kier alpha value is -3.58. The molecule has 3 N–H and O–H groups in total. The Labute approximate surface area is 195 Å². The lowest BCUT2D eigenvalue weighted by Gasteiger charge is -2.15. The maximum atomic E-state index is 6.16. The van der Waals surface area contributed by atoms with Gasteiger partial charge in [-0.25, -0.2) is 4.98 Å². The van der Waals surface area contributed by atoms with E-state index in [1.54, 1.807) is 7.11 Å². The summed E-state index contributed by atoms with van der Waals surface area (Å²) in [6, 6.07) is 23.5. The number of hydrogen-bond acceptors (Lipinski definition) is 6. The Kier molecular flexibility index (Phi) is 6.56. The largest absolute Gasteiger partial charge is 0.496 e. The number of halogens is 1. The van der Waals surface area contributed by atoms with E-state index in [9.17, 15) is 0 Å². The van der Waals surface area contributed by atoms with Gasteiger partial charge in [0.2, 0.25) is 5.95 Å². The lowest BCUT2D eigenvalue weighted by molar-refractivity contribution is 0.298. The number of para-hydroxylation sites is 1. The number of nitrogen functional groups attached to an aromatic ring is 1. The van der Waals surface area contributed by atoms with Gasteiger partial charge in [0.1, 0.15) is 23.9 Å². The minimum absolute atomic E-state index is 0.174. The first-order valence-electron chi connectivity index (χ1n) is 10.0. The molecule has 0 fully saturated rings. The van der Waals surface area contributed by atoms with E-state index >= 15 is 0 Å². The molecule has 162 valence electrons. The van der Waals surface area contributed by atoms with Gasteiger partial charge in [0, 0.05) is 27.4 Å². The molecule has 0 aliphatic rings. The zero-order valence-corrected chi connectivity index (χ0v) is 19.4. The monoisotopic (exact) mass is 490 g/mol. The zero-order chi connectivity index (χ0) is 22.5. The molecular weight excluding hydrogens is 468 g/mol. The zero-order valence-electron chi connectivity index (χ0n) is 17.8. The summed E-state index contributed by atoms with van der Waals surface area (Å²) in [4.78, 5) is 8.78. The van der Waals surface area contributed by atoms with Crippen LogP contribution in [0, 0.1) is 6.92 Å². The number of anilines is 3. The molecule has 0 bridgehead atoms. The predicted octanol–water partition coefficient (Wildman–Crippen LogP) is 6.13. The van der Waals surface area contributed by atoms with Crippen molar-refractivity contribution in [1.82, 2.24) is 9.97 Å². The van der Waals surface area contributed by atoms with Crippen LogP contribution in [0.4, 0.5) is 17.5 Å². The molecule has 7 heteroatoms. The van der Waals surface area contributed by atoms with Gasteiger partial charge < -0.3 is 20.5 Å². The summed E-state index contributed by atoms with van der Waals surface area (Å²) in [5.74, 6) is 2.24. The number of benzene rings is 3. The normalized spacial score (nSPS) is 10.6. The molecule has 4 aromatic rings. The van der Waals surface area contributed by atoms with Crippen LogP contribution in [0.1, 0.15) is 11.1 Å². The summed E-state index contributed by atoms with van der Waals surface area (Å²) in [5, 5.41) is 3.29. The first-order chi connectivity index (χ1) is 15.5. The molecular formula is C25H23BrN4O2. The number of methoxy groups -OCH3 is 1. The highest BCUT2D eigenvalue weighted by Gasteiger charge is 2.13. The van der Waals surface area contributed by atoms with E-state index in [1.165, 1.54) is 5.56 Å². The summed E-state index contributed by atoms with van der Waals surface area (Å²) in [6.07, 6.45) is 0. The summed E-state index contributed by atoms with van der Waals surface area (Å²) in [5.41, 5.74) is 10.5. The van der Waals surface area contributed by atoms with Crippen molar-refractivity contribution in [2.45, 2.75) is 13.5 Å². The van der Waals surface area contributed by atoms with Crippen molar-refractivity contribution in [3.63, 3.8) is 0 Å². The quantitative estimate of drug-likeness (QED) is 0.324. The number of nitrogens with one attached hydrogen (secondary N) is 1. The van der Waals surface area contributed by atoms with Crippen LogP contribution in [0.25, 0.3) is 11.3 Å². The topological polar surface area (TPSA) is 82.3 Å². The summed E-state index contributed by atoms with van der Waals surface area (Å²) in [7, 11) is 1.65. The highest BCUT2D eigenvalue weighted by atomic mass is 79.9. The van der Waals surface area contributed by atoms with Crippen LogP contribution in [0.15, 0.2) is 77.3 Å². The van der Waals surface area contributed by atoms with Crippen molar-refractivity contribution < 1.29 is 9.47 Å². The van der Waals surface area contributed by atoms with Crippen molar-refractivity contribution in [2.24, 2.45) is 0 Å². The second-order valence-electron chi connectivity index (χ2n) is 7.23. The van der Waals surface area contributed by atoms with Crippen molar-refractivity contribution in [3.8, 4) is 22.8 Å². The molecule has 6 nitrogen and oxygen atoms in total. The lowest BCUT2D eigenvalue weighted by Crippen LogP contribution is -2.03. The van der Waals surface area contributed by atoms with Crippen molar-refractivity contribution >= 4 is 33.4 Å². The van der Waals surface area contributed by atoms with Gasteiger partial charge in [-0.15, -0.1) is 0 Å². The number of nitrogens with zero attached hydrogens (tertiary/aromatic N) is 2. The maximum Gasteiger partial charge on any atom is 0.222 e. The predicted molar refractivity (Wildman–Crippen MR) is 131 cm³/mol. The highest BCUT2D eigenvalue weighted by molar-refractivity contribution is 9.10. The molecule has 0 aliphatic heterocycles. The number of hydrogen-bond donors (Lipinski definition) is 2. The minimum atomic E-state index is 0.174. The van der Waals surface area contributed by atoms with Gasteiger partial charge >= 0.3 is 0 Å². The fourth-order valence-corrected chi connectivity index (χ4v) is 3.62. The Morgan fingerprint density at radius 1 is 0.938 bits per heavy atom. The second kappa shape index (κ2) is 9.70. The van der Waals surface area contributed by atoms with E-state index < -0.39 is 0 Å². The van der Waals surface area contributed by atoms with Crippen LogP contribution < -0.4 is 20.5 Å². The van der Waals surface area contributed by atoms with Crippen LogP contribution in [0.3, 0.4) is 0 Å². The molecule has 3 aromatic carbocycles. The molecule has 0 amide bonds. The maximum absolute atomic E-state index is 6.16. The molecule has 0 saturated heterocycles. The van der Waals surface area contributed by atoms with Gasteiger partial charge in [-0.05, 0) is 43.3 Å². The number of aromatic nitrogens is 2. The molecule has 0 unspecified atom stereocenters. The van der Waals surface area contributed by atoms with Gasteiger partial charge in [-0.3, -0.25) is 0 Å². The molecule has 0 radical (unpaired) electrons. The van der Waals surface area contributed by atoms with Crippen LogP contribution in [0.2, 0.25) is 0 Å². The Morgan fingerprint density at radius 2 is 1.72 bits per heavy atom. The number of rotatable bonds is 7. The number of aryl methyl sites for hydroxylation is 1. The first-order valence-corrected chi connectivity index (χ1v) is 10.8. The molecule has 1 aromatic heterocycles. The van der Waals surface area contributed by atoms with E-state index in [0.29, 0.717) is 23.9 Å². The van der Waals surface area contributed by atoms with Crippen LogP contribution in [-0.4, -0.2) is 17.1 Å². The van der Waals surface area contributed by atoms with Crippen LogP contribution in [0.5, 0.6) is 11.5 Å². The van der Waals surface area contributed by atoms with Crippen molar-refractivity contribution in [3.05, 3.63) is 88.4 Å². The molecule has 1 heterocycles. The minimum Gasteiger partial charge on any atom is -0.496 e. The Bertz CT molecular complexity index is 1230. The standard InChI is InChI=1S/C25H23BrN4O2/c1-16-7-10-19(11-8-16)28-24-14-21(29-25(27)30-24)20-13-18(26)9-12-23(20)32-15-17-5-3-4-6-22(17)31-2/h3-14H,15H2,1-2H3,(H3,27,28,29,30). The number of ether oxygens (including phenoxy) is 2. The smallest absolute Gasteiger partial charge is 0.222 e. The molecule has 32 heavy (non-hydrogen) atoms. The van der Waals surface area contributed by atoms with E-state index in [4.69, 9.17) is 15.2 Å². The third kappa shape index (κ3) is 5.18. The molecule has 4 rings (SSSR count). The Balaban J connectivity index is 1.65. The van der Waals surface area contributed by atoms with Gasteiger partial charge in [0.05, 0.1) is 12.8 Å². The first kappa shape index (κ1) is 21.6. The average molecular weight is 491 g/mol. The van der Waals surface area contributed by atoms with Gasteiger partial charge in [0.15, 0.2) is 0 Å². The average Bonchev–Trinajstić information content (AvgIpc) is 2.79. The Morgan fingerprint density at radius 3 is 2.50 bits per heavy atom. The third-order valence-electron chi connectivity index (χ3n) is 4.86. The van der Waals surface area contributed by atoms with Crippen LogP contribution >= 0.6 is 15.9 Å². The van der Waals surface area contributed by atoms with E-state index in [-0.39, 0.29) is 5.95 Å². The third-order valence-corrected chi connectivity index (χ3v) is 5.35. The second-order valence-corrected chi connectivity index (χ2v) is 8.14. The fourth-order valence-electron chi connectivity index (χ4n) is 3.26. The van der Waals surface area contributed by atoms with Gasteiger partial charge in [-0.1, -0.05) is 51.8 Å². The van der Waals surface area contributed by atoms with Gasteiger partial charge in [0.25, 0.3) is 0 Å². The lowest BCUT2D eigenvalue weighted by atomic mass is 10.1.